The molecule has 0 aliphatic carbocycles. The number of nitrogens with zero attached hydrogens (tertiary/aromatic N) is 1. The number of hydrogen-bond donors (Lipinski definition) is 2. The van der Waals surface area contributed by atoms with Crippen LogP contribution in [-0.2, 0) is 9.47 Å². The van der Waals surface area contributed by atoms with Gasteiger partial charge in [-0.25, -0.2) is 9.18 Å². The number of fused-ring (bicyclic) bond motifs is 1. The van der Waals surface area contributed by atoms with Crippen molar-refractivity contribution in [1.82, 2.24) is 15.5 Å². The van der Waals surface area contributed by atoms with Gasteiger partial charge in [-0.3, -0.25) is 9.59 Å². The van der Waals surface area contributed by atoms with Crippen LogP contribution in [0.3, 0.4) is 0 Å². The minimum Gasteiger partial charge on any atom is -0.486 e. The Morgan fingerprint density at radius 3 is 2.55 bits per heavy atom. The van der Waals surface area contributed by atoms with Gasteiger partial charge in [0.2, 0.25) is 0 Å². The Morgan fingerprint density at radius 1 is 1.12 bits per heavy atom. The zero-order chi connectivity index (χ0) is 28.9. The number of carbonyl (C=O) groups is 3. The molecule has 2 N–H and O–H groups in total. The molecule has 0 aromatic heterocycles. The molecule has 4 rings (SSSR count). The lowest BCUT2D eigenvalue weighted by atomic mass is 9.86. The van der Waals surface area contributed by atoms with Crippen LogP contribution in [0.4, 0.5) is 9.18 Å². The Morgan fingerprint density at radius 2 is 1.88 bits per heavy atom. The van der Waals surface area contributed by atoms with Crippen molar-refractivity contribution in [1.29, 1.82) is 0 Å². The molecule has 2 aromatic rings. The van der Waals surface area contributed by atoms with Gasteiger partial charge in [-0.2, -0.15) is 0 Å². The summed E-state index contributed by atoms with van der Waals surface area (Å²) in [4.78, 5) is 39.9. The van der Waals surface area contributed by atoms with Crippen molar-refractivity contribution in [2.45, 2.75) is 57.3 Å². The third-order valence-electron chi connectivity index (χ3n) is 6.92. The van der Waals surface area contributed by atoms with Crippen molar-refractivity contribution in [2.75, 3.05) is 40.0 Å². The number of alkyl halides is 1. The summed E-state index contributed by atoms with van der Waals surface area (Å²) >= 11 is 0. The lowest BCUT2D eigenvalue weighted by molar-refractivity contribution is -0.0449. The van der Waals surface area contributed by atoms with Gasteiger partial charge >= 0.3 is 6.09 Å². The molecule has 0 bridgehead atoms. The van der Waals surface area contributed by atoms with E-state index in [1.165, 1.54) is 13.1 Å². The lowest BCUT2D eigenvalue weighted by Gasteiger charge is -2.34. The lowest BCUT2D eigenvalue weighted by Crippen LogP contribution is -2.47. The van der Waals surface area contributed by atoms with Crippen LogP contribution in [0.5, 0.6) is 5.75 Å². The standard InChI is InChI=1S/C30H38FN3O6/c1-30(2,3)40-29(37)34-13-14-38-21(18-34)11-8-12-33-27(35)20-15-22-25(19-9-6-5-7-10-19)24(17-31)39-26(22)23(16-20)28(36)32-4/h5-7,9-10,15-16,21,24-25H,8,11-14,17-18H2,1-4H3,(H,32,36)(H,33,35)/t21-,24?,25+/m1/s1. The monoisotopic (exact) mass is 555 g/mol. The van der Waals surface area contributed by atoms with E-state index in [2.05, 4.69) is 10.6 Å². The van der Waals surface area contributed by atoms with Crippen molar-refractivity contribution < 1.29 is 33.0 Å². The summed E-state index contributed by atoms with van der Waals surface area (Å²) < 4.78 is 31.2. The van der Waals surface area contributed by atoms with E-state index in [1.54, 1.807) is 11.0 Å². The molecular weight excluding hydrogens is 517 g/mol. The highest BCUT2D eigenvalue weighted by Crippen LogP contribution is 2.45. The fraction of sp³-hybridized carbons (Fsp3) is 0.500. The van der Waals surface area contributed by atoms with E-state index >= 15 is 0 Å². The highest BCUT2D eigenvalue weighted by atomic mass is 19.1. The van der Waals surface area contributed by atoms with E-state index in [-0.39, 0.29) is 23.7 Å². The fourth-order valence-corrected chi connectivity index (χ4v) is 5.06. The molecule has 2 heterocycles. The number of benzene rings is 2. The van der Waals surface area contributed by atoms with Crippen LogP contribution in [0.25, 0.3) is 0 Å². The highest BCUT2D eigenvalue weighted by molar-refractivity contribution is 6.02. The van der Waals surface area contributed by atoms with Crippen molar-refractivity contribution in [2.24, 2.45) is 0 Å². The minimum absolute atomic E-state index is 0.153. The maximum absolute atomic E-state index is 14.0. The van der Waals surface area contributed by atoms with Crippen LogP contribution in [0.1, 0.15) is 71.4 Å². The first-order chi connectivity index (χ1) is 19.1. The van der Waals surface area contributed by atoms with Crippen LogP contribution in [0.15, 0.2) is 42.5 Å². The number of nitrogens with one attached hydrogen (secondary N) is 2. The SMILES string of the molecule is CNC(=O)c1cc(C(=O)NCCC[C@@H]2CN(C(=O)OC(C)(C)C)CCO2)cc2c1OC(CF)[C@H]2c1ccccc1. The van der Waals surface area contributed by atoms with Gasteiger partial charge in [-0.15, -0.1) is 0 Å². The van der Waals surface area contributed by atoms with Gasteiger partial charge in [0.15, 0.2) is 0 Å². The van der Waals surface area contributed by atoms with Crippen molar-refractivity contribution >= 4 is 17.9 Å². The van der Waals surface area contributed by atoms with E-state index in [0.29, 0.717) is 56.0 Å². The summed E-state index contributed by atoms with van der Waals surface area (Å²) in [6.07, 6.45) is -0.0272. The summed E-state index contributed by atoms with van der Waals surface area (Å²) in [7, 11) is 1.50. The Labute approximate surface area is 234 Å². The molecule has 2 aromatic carbocycles. The smallest absolute Gasteiger partial charge is 0.410 e. The summed E-state index contributed by atoms with van der Waals surface area (Å²) in [6, 6.07) is 12.5. The van der Waals surface area contributed by atoms with E-state index < -0.39 is 30.2 Å². The highest BCUT2D eigenvalue weighted by Gasteiger charge is 2.39. The second kappa shape index (κ2) is 12.7. The molecule has 0 saturated carbocycles. The number of amides is 3. The third-order valence-corrected chi connectivity index (χ3v) is 6.92. The molecule has 1 fully saturated rings. The van der Waals surface area contributed by atoms with Crippen LogP contribution < -0.4 is 15.4 Å². The average Bonchev–Trinajstić information content (AvgIpc) is 3.32. The topological polar surface area (TPSA) is 106 Å². The predicted molar refractivity (Wildman–Crippen MR) is 148 cm³/mol. The first-order valence-corrected chi connectivity index (χ1v) is 13.7. The molecule has 40 heavy (non-hydrogen) atoms. The Kier molecular flexibility index (Phi) is 9.29. The van der Waals surface area contributed by atoms with Gasteiger partial charge in [0.25, 0.3) is 11.8 Å². The summed E-state index contributed by atoms with van der Waals surface area (Å²) in [6.45, 7) is 6.47. The average molecular weight is 556 g/mol. The molecule has 1 unspecified atom stereocenters. The maximum Gasteiger partial charge on any atom is 0.410 e. The first kappa shape index (κ1) is 29.3. The summed E-state index contributed by atoms with van der Waals surface area (Å²) in [5.74, 6) is -0.908. The van der Waals surface area contributed by atoms with Gasteiger partial charge in [0.1, 0.15) is 24.1 Å². The second-order valence-electron chi connectivity index (χ2n) is 11.0. The van der Waals surface area contributed by atoms with Crippen molar-refractivity contribution in [3.8, 4) is 5.75 Å². The van der Waals surface area contributed by atoms with E-state index in [9.17, 15) is 18.8 Å². The molecule has 9 nitrogen and oxygen atoms in total. The van der Waals surface area contributed by atoms with E-state index in [4.69, 9.17) is 14.2 Å². The molecule has 2 aliphatic heterocycles. The summed E-state index contributed by atoms with van der Waals surface area (Å²) in [5.41, 5.74) is 1.38. The van der Waals surface area contributed by atoms with Gasteiger partial charge in [-0.1, -0.05) is 30.3 Å². The van der Waals surface area contributed by atoms with E-state index in [1.807, 2.05) is 51.1 Å². The number of rotatable bonds is 8. The number of morpholine rings is 1. The molecule has 0 radical (unpaired) electrons. The molecule has 1 saturated heterocycles. The van der Waals surface area contributed by atoms with Crippen LogP contribution in [-0.4, -0.2) is 80.6 Å². The second-order valence-corrected chi connectivity index (χ2v) is 11.0. The van der Waals surface area contributed by atoms with Crippen molar-refractivity contribution in [3.05, 3.63) is 64.7 Å². The Hall–Kier alpha value is -3.66. The molecule has 3 amide bonds. The molecule has 0 spiro atoms. The third kappa shape index (κ3) is 6.91. The molecular formula is C30H38FN3O6. The number of ether oxygens (including phenoxy) is 3. The molecule has 2 aliphatic rings. The van der Waals surface area contributed by atoms with Crippen LogP contribution >= 0.6 is 0 Å². The molecule has 3 atom stereocenters. The zero-order valence-corrected chi connectivity index (χ0v) is 23.5. The van der Waals surface area contributed by atoms with Gasteiger partial charge < -0.3 is 29.7 Å². The summed E-state index contributed by atoms with van der Waals surface area (Å²) in [5, 5.41) is 5.49. The zero-order valence-electron chi connectivity index (χ0n) is 23.5. The minimum atomic E-state index is -0.796. The predicted octanol–water partition coefficient (Wildman–Crippen LogP) is 4.05. The number of halogens is 1. The normalized spacial score (nSPS) is 20.3. The number of hydrogen-bond acceptors (Lipinski definition) is 6. The quantitative estimate of drug-likeness (QED) is 0.476. The van der Waals surface area contributed by atoms with Gasteiger partial charge in [0, 0.05) is 31.3 Å². The Balaban J connectivity index is 1.41. The molecule has 10 heteroatoms. The fourth-order valence-electron chi connectivity index (χ4n) is 5.06. The van der Waals surface area contributed by atoms with Gasteiger partial charge in [0.05, 0.1) is 30.7 Å². The molecule has 216 valence electrons. The largest absolute Gasteiger partial charge is 0.486 e. The number of carbonyl (C=O) groups excluding carboxylic acids is 3. The van der Waals surface area contributed by atoms with E-state index in [0.717, 1.165) is 5.56 Å². The van der Waals surface area contributed by atoms with Crippen LogP contribution in [0.2, 0.25) is 0 Å². The van der Waals surface area contributed by atoms with Crippen LogP contribution in [0, 0.1) is 0 Å². The van der Waals surface area contributed by atoms with Crippen molar-refractivity contribution in [3.63, 3.8) is 0 Å². The van der Waals surface area contributed by atoms with Gasteiger partial charge in [-0.05, 0) is 51.3 Å². The maximum atomic E-state index is 14.0. The first-order valence-electron chi connectivity index (χ1n) is 13.7. The Bertz CT molecular complexity index is 1220.